The summed E-state index contributed by atoms with van der Waals surface area (Å²) >= 11 is 0. The van der Waals surface area contributed by atoms with Crippen LogP contribution in [-0.4, -0.2) is 16.6 Å². The van der Waals surface area contributed by atoms with Crippen LogP contribution in [0, 0.1) is 6.20 Å². The van der Waals surface area contributed by atoms with Crippen molar-refractivity contribution in [2.45, 2.75) is 32.0 Å². The zero-order valence-electron chi connectivity index (χ0n) is 7.41. The molecule has 1 aliphatic rings. The van der Waals surface area contributed by atoms with Gasteiger partial charge in [0.15, 0.2) is 0 Å². The zero-order chi connectivity index (χ0) is 9.97. The Bertz CT molecular complexity index is 315. The number of alkyl halides is 2. The van der Waals surface area contributed by atoms with Crippen LogP contribution in [0.3, 0.4) is 0 Å². The zero-order valence-corrected chi connectivity index (χ0v) is 7.41. The van der Waals surface area contributed by atoms with E-state index in [1.165, 1.54) is 6.07 Å². The van der Waals surface area contributed by atoms with E-state index in [0.29, 0.717) is 17.4 Å². The quantitative estimate of drug-likeness (QED) is 0.742. The second-order valence-electron chi connectivity index (χ2n) is 3.19. The molecule has 5 heteroatoms. The van der Waals surface area contributed by atoms with Crippen molar-refractivity contribution in [3.05, 3.63) is 23.8 Å². The minimum absolute atomic E-state index is 0.184. The van der Waals surface area contributed by atoms with Crippen LogP contribution in [0.1, 0.15) is 30.3 Å². The first-order valence-corrected chi connectivity index (χ1v) is 4.39. The summed E-state index contributed by atoms with van der Waals surface area (Å²) < 4.78 is 27.6. The molecular weight excluding hydrogens is 190 g/mol. The van der Waals surface area contributed by atoms with E-state index >= 15 is 0 Å². The number of hydrogen-bond donors (Lipinski definition) is 0. The van der Waals surface area contributed by atoms with Gasteiger partial charge >= 0.3 is 6.61 Å². The van der Waals surface area contributed by atoms with Crippen molar-refractivity contribution >= 4 is 0 Å². The molecule has 1 aromatic rings. The topological polar surface area (TPSA) is 35.0 Å². The summed E-state index contributed by atoms with van der Waals surface area (Å²) in [5.74, 6) is 1.10. The van der Waals surface area contributed by atoms with Gasteiger partial charge in [-0.25, -0.2) is 9.97 Å². The molecule has 1 aliphatic carbocycles. The molecule has 1 saturated carbocycles. The SMILES string of the molecule is FC(F)OCc1c[c]nc(C2CC2)n1. The molecule has 0 unspecified atom stereocenters. The molecule has 1 aromatic heterocycles. The predicted octanol–water partition coefficient (Wildman–Crippen LogP) is 1.89. The molecule has 0 aliphatic heterocycles. The average Bonchev–Trinajstić information content (AvgIpc) is 2.98. The maximum absolute atomic E-state index is 11.7. The maximum atomic E-state index is 11.7. The minimum atomic E-state index is -2.76. The molecule has 1 fully saturated rings. The monoisotopic (exact) mass is 199 g/mol. The molecule has 0 spiro atoms. The van der Waals surface area contributed by atoms with Crippen LogP contribution < -0.4 is 0 Å². The van der Waals surface area contributed by atoms with Gasteiger partial charge in [0.2, 0.25) is 0 Å². The highest BCUT2D eigenvalue weighted by Crippen LogP contribution is 2.37. The van der Waals surface area contributed by atoms with Gasteiger partial charge in [-0.05, 0) is 18.9 Å². The van der Waals surface area contributed by atoms with E-state index in [0.717, 1.165) is 12.8 Å². The van der Waals surface area contributed by atoms with Gasteiger partial charge in [0, 0.05) is 5.92 Å². The summed E-state index contributed by atoms with van der Waals surface area (Å²) in [7, 11) is 0. The van der Waals surface area contributed by atoms with Gasteiger partial charge < -0.3 is 4.74 Å². The van der Waals surface area contributed by atoms with Gasteiger partial charge in [-0.3, -0.25) is 0 Å². The number of nitrogens with zero attached hydrogens (tertiary/aromatic N) is 2. The Morgan fingerprint density at radius 3 is 3.00 bits per heavy atom. The Balaban J connectivity index is 1.99. The summed E-state index contributed by atoms with van der Waals surface area (Å²) in [6, 6.07) is 1.47. The van der Waals surface area contributed by atoms with Crippen LogP contribution in [0.4, 0.5) is 8.78 Å². The van der Waals surface area contributed by atoms with Crippen LogP contribution in [0.15, 0.2) is 6.07 Å². The number of ether oxygens (including phenoxy) is 1. The van der Waals surface area contributed by atoms with Crippen LogP contribution in [0.25, 0.3) is 0 Å². The van der Waals surface area contributed by atoms with Gasteiger partial charge in [0.1, 0.15) is 5.82 Å². The number of halogens is 2. The van der Waals surface area contributed by atoms with E-state index in [1.54, 1.807) is 0 Å². The Labute approximate surface area is 80.1 Å². The fourth-order valence-electron chi connectivity index (χ4n) is 1.12. The first-order chi connectivity index (χ1) is 6.75. The summed E-state index contributed by atoms with van der Waals surface area (Å²) in [6.07, 6.45) is 4.79. The van der Waals surface area contributed by atoms with Crippen molar-refractivity contribution < 1.29 is 13.5 Å². The second kappa shape index (κ2) is 3.96. The van der Waals surface area contributed by atoms with Gasteiger partial charge in [0.05, 0.1) is 18.5 Å². The van der Waals surface area contributed by atoms with E-state index in [-0.39, 0.29) is 6.61 Å². The van der Waals surface area contributed by atoms with Gasteiger partial charge in [0.25, 0.3) is 0 Å². The Morgan fingerprint density at radius 2 is 2.36 bits per heavy atom. The summed E-state index contributed by atoms with van der Waals surface area (Å²) in [5, 5.41) is 0. The first-order valence-electron chi connectivity index (χ1n) is 4.39. The number of rotatable bonds is 4. The Morgan fingerprint density at radius 1 is 1.57 bits per heavy atom. The van der Waals surface area contributed by atoms with E-state index in [4.69, 9.17) is 0 Å². The van der Waals surface area contributed by atoms with Crippen molar-refractivity contribution in [1.29, 1.82) is 0 Å². The van der Waals surface area contributed by atoms with E-state index in [2.05, 4.69) is 20.9 Å². The van der Waals surface area contributed by atoms with E-state index < -0.39 is 6.61 Å². The van der Waals surface area contributed by atoms with Gasteiger partial charge in [-0.15, -0.1) is 0 Å². The fraction of sp³-hybridized carbons (Fsp3) is 0.556. The van der Waals surface area contributed by atoms with E-state index in [9.17, 15) is 8.78 Å². The molecule has 2 rings (SSSR count). The predicted molar refractivity (Wildman–Crippen MR) is 43.6 cm³/mol. The van der Waals surface area contributed by atoms with Crippen molar-refractivity contribution in [2.24, 2.45) is 0 Å². The molecule has 14 heavy (non-hydrogen) atoms. The van der Waals surface area contributed by atoms with Crippen LogP contribution in [0.5, 0.6) is 0 Å². The van der Waals surface area contributed by atoms with Crippen LogP contribution in [-0.2, 0) is 11.3 Å². The van der Waals surface area contributed by atoms with Crippen LogP contribution in [0.2, 0.25) is 0 Å². The standard InChI is InChI=1S/C9H9F2N2O/c10-9(11)14-5-7-3-4-12-8(13-7)6-1-2-6/h3,6,9H,1-2,5H2. The Hall–Kier alpha value is -1.10. The molecular formula is C9H9F2N2O. The maximum Gasteiger partial charge on any atom is 0.345 e. The average molecular weight is 199 g/mol. The highest BCUT2D eigenvalue weighted by Gasteiger charge is 2.26. The summed E-state index contributed by atoms with van der Waals surface area (Å²) in [5.41, 5.74) is 0.460. The van der Waals surface area contributed by atoms with Crippen molar-refractivity contribution in [1.82, 2.24) is 9.97 Å². The lowest BCUT2D eigenvalue weighted by molar-refractivity contribution is -0.138. The summed E-state index contributed by atoms with van der Waals surface area (Å²) in [4.78, 5) is 8.06. The van der Waals surface area contributed by atoms with Gasteiger partial charge in [-0.2, -0.15) is 8.78 Å². The van der Waals surface area contributed by atoms with E-state index in [1.807, 2.05) is 0 Å². The molecule has 0 amide bonds. The number of aromatic nitrogens is 2. The van der Waals surface area contributed by atoms with Gasteiger partial charge in [-0.1, -0.05) is 0 Å². The lowest BCUT2D eigenvalue weighted by atomic mass is 10.3. The third-order valence-electron chi connectivity index (χ3n) is 1.97. The molecule has 0 saturated heterocycles. The normalized spacial score (nSPS) is 16.2. The summed E-state index contributed by atoms with van der Waals surface area (Å²) in [6.45, 7) is -2.94. The molecule has 3 nitrogen and oxygen atoms in total. The molecule has 0 N–H and O–H groups in total. The molecule has 0 bridgehead atoms. The molecule has 1 heterocycles. The lowest BCUT2D eigenvalue weighted by Crippen LogP contribution is -2.03. The fourth-order valence-corrected chi connectivity index (χ4v) is 1.12. The molecule has 0 aromatic carbocycles. The van der Waals surface area contributed by atoms with Crippen LogP contribution >= 0.6 is 0 Å². The minimum Gasteiger partial charge on any atom is -0.317 e. The number of hydrogen-bond acceptors (Lipinski definition) is 3. The second-order valence-corrected chi connectivity index (χ2v) is 3.19. The third kappa shape index (κ3) is 2.45. The lowest BCUT2D eigenvalue weighted by Gasteiger charge is -2.02. The van der Waals surface area contributed by atoms with Crippen molar-refractivity contribution in [3.8, 4) is 0 Å². The molecule has 1 radical (unpaired) electrons. The molecule has 0 atom stereocenters. The third-order valence-corrected chi connectivity index (χ3v) is 1.97. The largest absolute Gasteiger partial charge is 0.345 e. The highest BCUT2D eigenvalue weighted by molar-refractivity contribution is 5.08. The van der Waals surface area contributed by atoms with Crippen molar-refractivity contribution in [2.75, 3.05) is 0 Å². The highest BCUT2D eigenvalue weighted by atomic mass is 19.3. The molecule has 75 valence electrons. The Kier molecular flexibility index (Phi) is 2.67. The first kappa shape index (κ1) is 9.45. The van der Waals surface area contributed by atoms with Crippen molar-refractivity contribution in [3.63, 3.8) is 0 Å². The smallest absolute Gasteiger partial charge is 0.317 e.